The zero-order valence-corrected chi connectivity index (χ0v) is 17.9. The first-order valence-corrected chi connectivity index (χ1v) is 10.7. The average Bonchev–Trinajstić information content (AvgIpc) is 3.42. The Balaban J connectivity index is 1.38. The molecule has 31 heavy (non-hydrogen) atoms. The van der Waals surface area contributed by atoms with Gasteiger partial charge in [0.25, 0.3) is 0 Å². The smallest absolute Gasteiger partial charge is 0.234 e. The molecule has 2 bridgehead atoms. The van der Waals surface area contributed by atoms with Gasteiger partial charge in [-0.1, -0.05) is 38.1 Å². The SMILES string of the molecule is COc1ccc(N2C[C@@]34C=C[C@@H](O3)C(C(=O)Nc3ccc(C(C)C)cc3)[C@H]4C2=O)cc1. The number of hydrogen-bond donors (Lipinski definition) is 1. The number of carbonyl (C=O) groups excluding carboxylic acids is 2. The molecule has 3 aliphatic rings. The van der Waals surface area contributed by atoms with E-state index in [0.717, 1.165) is 17.1 Å². The van der Waals surface area contributed by atoms with E-state index in [1.807, 2.05) is 60.7 Å². The van der Waals surface area contributed by atoms with Crippen molar-refractivity contribution in [2.24, 2.45) is 11.8 Å². The minimum absolute atomic E-state index is 0.0766. The molecule has 6 heteroatoms. The lowest BCUT2D eigenvalue weighted by Crippen LogP contribution is -2.41. The predicted octanol–water partition coefficient (Wildman–Crippen LogP) is 3.74. The summed E-state index contributed by atoms with van der Waals surface area (Å²) in [5, 5.41) is 2.99. The van der Waals surface area contributed by atoms with E-state index in [2.05, 4.69) is 19.2 Å². The van der Waals surface area contributed by atoms with Crippen LogP contribution in [0.3, 0.4) is 0 Å². The number of amides is 2. The number of benzene rings is 2. The number of fused-ring (bicyclic) bond motifs is 1. The molecule has 2 aromatic rings. The summed E-state index contributed by atoms with van der Waals surface area (Å²) in [6.45, 7) is 4.67. The number of rotatable bonds is 5. The van der Waals surface area contributed by atoms with Gasteiger partial charge in [-0.3, -0.25) is 9.59 Å². The molecular weight excluding hydrogens is 392 g/mol. The molecule has 160 valence electrons. The molecule has 2 amide bonds. The van der Waals surface area contributed by atoms with Crippen LogP contribution in [0.4, 0.5) is 11.4 Å². The van der Waals surface area contributed by atoms with Crippen LogP contribution in [0.15, 0.2) is 60.7 Å². The molecule has 2 saturated heterocycles. The summed E-state index contributed by atoms with van der Waals surface area (Å²) in [6, 6.07) is 15.2. The van der Waals surface area contributed by atoms with Crippen LogP contribution in [-0.2, 0) is 14.3 Å². The van der Waals surface area contributed by atoms with Gasteiger partial charge in [0.2, 0.25) is 11.8 Å². The Labute approximate surface area is 181 Å². The summed E-state index contributed by atoms with van der Waals surface area (Å²) >= 11 is 0. The number of hydrogen-bond acceptors (Lipinski definition) is 4. The highest BCUT2D eigenvalue weighted by atomic mass is 16.5. The molecule has 5 rings (SSSR count). The third kappa shape index (κ3) is 3.13. The van der Waals surface area contributed by atoms with Gasteiger partial charge in [0, 0.05) is 11.4 Å². The molecule has 1 N–H and O–H groups in total. The minimum atomic E-state index is -0.745. The monoisotopic (exact) mass is 418 g/mol. The van der Waals surface area contributed by atoms with Crippen LogP contribution in [0.2, 0.25) is 0 Å². The molecule has 3 heterocycles. The summed E-state index contributed by atoms with van der Waals surface area (Å²) in [5.74, 6) is -0.179. The fourth-order valence-corrected chi connectivity index (χ4v) is 4.96. The van der Waals surface area contributed by atoms with Crippen LogP contribution in [0, 0.1) is 11.8 Å². The maximum atomic E-state index is 13.4. The fraction of sp³-hybridized carbons (Fsp3) is 0.360. The predicted molar refractivity (Wildman–Crippen MR) is 118 cm³/mol. The van der Waals surface area contributed by atoms with Gasteiger partial charge in [-0.25, -0.2) is 0 Å². The highest BCUT2D eigenvalue weighted by Crippen LogP contribution is 2.52. The molecule has 0 radical (unpaired) electrons. The Morgan fingerprint density at radius 3 is 2.52 bits per heavy atom. The quantitative estimate of drug-likeness (QED) is 0.751. The summed E-state index contributed by atoms with van der Waals surface area (Å²) < 4.78 is 11.4. The molecule has 6 nitrogen and oxygen atoms in total. The average molecular weight is 418 g/mol. The molecular formula is C25H26N2O4. The largest absolute Gasteiger partial charge is 0.497 e. The lowest BCUT2D eigenvalue weighted by Gasteiger charge is -2.23. The van der Waals surface area contributed by atoms with E-state index in [0.29, 0.717) is 12.5 Å². The summed E-state index contributed by atoms with van der Waals surface area (Å²) in [6.07, 6.45) is 3.51. The van der Waals surface area contributed by atoms with Crippen molar-refractivity contribution in [2.75, 3.05) is 23.9 Å². The van der Waals surface area contributed by atoms with Gasteiger partial charge in [-0.15, -0.1) is 0 Å². The highest BCUT2D eigenvalue weighted by molar-refractivity contribution is 6.05. The van der Waals surface area contributed by atoms with Crippen molar-refractivity contribution in [3.63, 3.8) is 0 Å². The molecule has 0 saturated carbocycles. The summed E-state index contributed by atoms with van der Waals surface area (Å²) in [4.78, 5) is 28.4. The number of methoxy groups -OCH3 is 1. The molecule has 4 atom stereocenters. The Morgan fingerprint density at radius 2 is 1.87 bits per heavy atom. The zero-order chi connectivity index (χ0) is 21.8. The maximum Gasteiger partial charge on any atom is 0.234 e. The topological polar surface area (TPSA) is 67.9 Å². The van der Waals surface area contributed by atoms with Crippen LogP contribution in [-0.4, -0.2) is 37.2 Å². The van der Waals surface area contributed by atoms with Gasteiger partial charge in [-0.2, -0.15) is 0 Å². The van der Waals surface area contributed by atoms with Crippen molar-refractivity contribution in [1.82, 2.24) is 0 Å². The first kappa shape index (κ1) is 19.8. The second-order valence-corrected chi connectivity index (χ2v) is 8.79. The van der Waals surface area contributed by atoms with Crippen LogP contribution >= 0.6 is 0 Å². The third-order valence-corrected chi connectivity index (χ3v) is 6.63. The van der Waals surface area contributed by atoms with Gasteiger partial charge >= 0.3 is 0 Å². The fourth-order valence-electron chi connectivity index (χ4n) is 4.96. The van der Waals surface area contributed by atoms with E-state index in [4.69, 9.17) is 9.47 Å². The van der Waals surface area contributed by atoms with Crippen molar-refractivity contribution in [3.05, 3.63) is 66.2 Å². The first-order valence-electron chi connectivity index (χ1n) is 10.7. The molecule has 2 fully saturated rings. The van der Waals surface area contributed by atoms with Crippen LogP contribution < -0.4 is 15.0 Å². The number of anilines is 2. The van der Waals surface area contributed by atoms with Crippen molar-refractivity contribution >= 4 is 23.2 Å². The molecule has 2 aromatic carbocycles. The zero-order valence-electron chi connectivity index (χ0n) is 17.9. The van der Waals surface area contributed by atoms with Crippen LogP contribution in [0.1, 0.15) is 25.3 Å². The Bertz CT molecular complexity index is 1040. The molecule has 0 aliphatic carbocycles. The summed E-state index contributed by atoms with van der Waals surface area (Å²) in [5.41, 5.74) is 1.97. The van der Waals surface area contributed by atoms with Crippen molar-refractivity contribution in [2.45, 2.75) is 31.5 Å². The van der Waals surface area contributed by atoms with E-state index in [-0.39, 0.29) is 17.9 Å². The molecule has 0 aromatic heterocycles. The van der Waals surface area contributed by atoms with Crippen molar-refractivity contribution < 1.29 is 19.1 Å². The molecule has 1 spiro atoms. The van der Waals surface area contributed by atoms with Crippen LogP contribution in [0.5, 0.6) is 5.75 Å². The molecule has 1 unspecified atom stereocenters. The number of nitrogens with one attached hydrogen (secondary N) is 1. The lowest BCUT2D eigenvalue weighted by molar-refractivity contribution is -0.128. The first-order chi connectivity index (χ1) is 14.9. The number of carbonyl (C=O) groups is 2. The Morgan fingerprint density at radius 1 is 1.16 bits per heavy atom. The van der Waals surface area contributed by atoms with E-state index in [1.165, 1.54) is 5.56 Å². The third-order valence-electron chi connectivity index (χ3n) is 6.63. The van der Waals surface area contributed by atoms with E-state index in [9.17, 15) is 9.59 Å². The standard InChI is InChI=1S/C25H26N2O4/c1-15(2)16-4-6-17(7-5-16)26-23(28)21-20-12-13-25(31-20)14-27(24(29)22(21)25)18-8-10-19(30-3)11-9-18/h4-13,15,20-22H,14H2,1-3H3,(H,26,28)/t20-,21?,22+,25-/m1/s1. The summed E-state index contributed by atoms with van der Waals surface area (Å²) in [7, 11) is 1.61. The second kappa shape index (κ2) is 7.24. The van der Waals surface area contributed by atoms with Gasteiger partial charge in [-0.05, 0) is 47.9 Å². The number of ether oxygens (including phenoxy) is 2. The van der Waals surface area contributed by atoms with E-state index in [1.54, 1.807) is 12.0 Å². The lowest BCUT2D eigenvalue weighted by atomic mass is 9.76. The Kier molecular flexibility index (Phi) is 4.63. The highest BCUT2D eigenvalue weighted by Gasteiger charge is 2.67. The molecule has 3 aliphatic heterocycles. The normalized spacial score (nSPS) is 28.3. The van der Waals surface area contributed by atoms with Gasteiger partial charge in [0.1, 0.15) is 11.4 Å². The van der Waals surface area contributed by atoms with E-state index >= 15 is 0 Å². The number of nitrogens with zero attached hydrogens (tertiary/aromatic N) is 1. The minimum Gasteiger partial charge on any atom is -0.497 e. The second-order valence-electron chi connectivity index (χ2n) is 8.79. The van der Waals surface area contributed by atoms with Crippen LogP contribution in [0.25, 0.3) is 0 Å². The van der Waals surface area contributed by atoms with E-state index < -0.39 is 17.4 Å². The van der Waals surface area contributed by atoms with Gasteiger partial charge in [0.05, 0.1) is 31.6 Å². The van der Waals surface area contributed by atoms with Gasteiger partial charge < -0.3 is 19.7 Å². The maximum absolute atomic E-state index is 13.4. The van der Waals surface area contributed by atoms with Gasteiger partial charge in [0.15, 0.2) is 0 Å². The van der Waals surface area contributed by atoms with Crippen molar-refractivity contribution in [3.8, 4) is 5.75 Å². The Hall–Kier alpha value is -3.12. The van der Waals surface area contributed by atoms with Crippen molar-refractivity contribution in [1.29, 1.82) is 0 Å².